The molecule has 0 bridgehead atoms. The van der Waals surface area contributed by atoms with Crippen LogP contribution >= 0.6 is 58.4 Å². The normalized spacial score (nSPS) is 14.9. The van der Waals surface area contributed by atoms with E-state index in [1.165, 1.54) is 11.3 Å². The van der Waals surface area contributed by atoms with E-state index >= 15 is 0 Å². The molecule has 0 saturated heterocycles. The summed E-state index contributed by atoms with van der Waals surface area (Å²) in [6.45, 7) is 3.82. The van der Waals surface area contributed by atoms with Gasteiger partial charge in [-0.2, -0.15) is 0 Å². The minimum atomic E-state index is -1.83. The fraction of sp³-hybridized carbons (Fsp3) is 0.588. The molecule has 1 aromatic heterocycles. The third-order valence-electron chi connectivity index (χ3n) is 4.15. The monoisotopic (exact) mass is 484 g/mol. The number of halogens is 3. The van der Waals surface area contributed by atoms with Crippen LogP contribution in [0.4, 0.5) is 5.00 Å². The van der Waals surface area contributed by atoms with Crippen molar-refractivity contribution >= 4 is 80.3 Å². The predicted octanol–water partition coefficient (Wildman–Crippen LogP) is 3.87. The minimum absolute atomic E-state index is 0.113. The van der Waals surface area contributed by atoms with Gasteiger partial charge in [-0.15, -0.1) is 11.3 Å². The molecule has 6 nitrogen and oxygen atoms in total. The molecule has 0 aromatic carbocycles. The largest absolute Gasteiger partial charge is 0.365 e. The number of primary amides is 1. The number of carbonyl (C=O) groups is 2. The molecule has 2 amide bonds. The summed E-state index contributed by atoms with van der Waals surface area (Å²) in [5.41, 5.74) is 7.03. The molecule has 0 spiro atoms. The van der Waals surface area contributed by atoms with Gasteiger partial charge >= 0.3 is 0 Å². The number of nitrogens with one attached hydrogen (secondary N) is 3. The highest BCUT2D eigenvalue weighted by molar-refractivity contribution is 7.80. The Morgan fingerprint density at radius 2 is 1.86 bits per heavy atom. The number of amides is 2. The van der Waals surface area contributed by atoms with Crippen molar-refractivity contribution in [2.45, 2.75) is 55.9 Å². The molecule has 0 fully saturated rings. The fourth-order valence-corrected chi connectivity index (χ4v) is 4.89. The number of rotatable bonds is 6. The minimum Gasteiger partial charge on any atom is -0.365 e. The second-order valence-corrected chi connectivity index (χ2v) is 10.9. The quantitative estimate of drug-likeness (QED) is 0.279. The standard InChI is InChI=1S/C17H23Cl3N4O2S2/c1-8(2)7-11(25)22-15(17(18,19)20)24-16(27)23-14-12(13(21)26)9-5-3-4-6-10(9)28-14/h8,15H,3-7H2,1-2H3,(H2,21,26)(H,22,25)(H2,23,24,27)/t15-/m0/s1. The van der Waals surface area contributed by atoms with Gasteiger partial charge in [0, 0.05) is 11.3 Å². The van der Waals surface area contributed by atoms with Gasteiger partial charge < -0.3 is 21.7 Å². The van der Waals surface area contributed by atoms with Crippen LogP contribution in [0.25, 0.3) is 0 Å². The van der Waals surface area contributed by atoms with Crippen LogP contribution in [0.2, 0.25) is 0 Å². The van der Waals surface area contributed by atoms with Gasteiger partial charge in [0.25, 0.3) is 5.91 Å². The summed E-state index contributed by atoms with van der Waals surface area (Å²) in [5.74, 6) is -0.629. The number of thiocarbonyl (C=S) groups is 1. The first-order valence-electron chi connectivity index (χ1n) is 8.87. The van der Waals surface area contributed by atoms with E-state index in [1.54, 1.807) is 0 Å². The average Bonchev–Trinajstić information content (AvgIpc) is 2.90. The lowest BCUT2D eigenvalue weighted by Gasteiger charge is -2.28. The number of thiophene rings is 1. The lowest BCUT2D eigenvalue weighted by molar-refractivity contribution is -0.122. The summed E-state index contributed by atoms with van der Waals surface area (Å²) >= 11 is 24.7. The van der Waals surface area contributed by atoms with Crippen molar-refractivity contribution in [1.82, 2.24) is 10.6 Å². The Kier molecular flexibility index (Phi) is 8.22. The van der Waals surface area contributed by atoms with Crippen LogP contribution in [0.5, 0.6) is 0 Å². The summed E-state index contributed by atoms with van der Waals surface area (Å²) in [4.78, 5) is 25.2. The van der Waals surface area contributed by atoms with Crippen LogP contribution in [0.15, 0.2) is 0 Å². The third-order valence-corrected chi connectivity index (χ3v) is 6.23. The van der Waals surface area contributed by atoms with Gasteiger partial charge in [-0.3, -0.25) is 9.59 Å². The van der Waals surface area contributed by atoms with E-state index in [9.17, 15) is 9.59 Å². The van der Waals surface area contributed by atoms with Gasteiger partial charge in [0.2, 0.25) is 9.70 Å². The van der Waals surface area contributed by atoms with E-state index in [1.807, 2.05) is 13.8 Å². The maximum absolute atomic E-state index is 12.1. The number of hydrogen-bond donors (Lipinski definition) is 4. The van der Waals surface area contributed by atoms with Gasteiger partial charge in [-0.1, -0.05) is 48.7 Å². The first-order valence-corrected chi connectivity index (χ1v) is 11.2. The van der Waals surface area contributed by atoms with Gasteiger partial charge in [-0.25, -0.2) is 0 Å². The number of anilines is 1. The van der Waals surface area contributed by atoms with Crippen molar-refractivity contribution in [1.29, 1.82) is 0 Å². The third kappa shape index (κ3) is 6.35. The van der Waals surface area contributed by atoms with Crippen LogP contribution in [0, 0.1) is 5.92 Å². The number of nitrogens with two attached hydrogens (primary N) is 1. The van der Waals surface area contributed by atoms with E-state index in [0.29, 0.717) is 10.6 Å². The van der Waals surface area contributed by atoms with Crippen LogP contribution in [-0.2, 0) is 17.6 Å². The number of carbonyl (C=O) groups excluding carboxylic acids is 2. The van der Waals surface area contributed by atoms with Crippen LogP contribution < -0.4 is 21.7 Å². The summed E-state index contributed by atoms with van der Waals surface area (Å²) in [7, 11) is 0. The van der Waals surface area contributed by atoms with Crippen molar-refractivity contribution in [2.24, 2.45) is 11.7 Å². The Balaban J connectivity index is 2.13. The van der Waals surface area contributed by atoms with E-state index in [-0.39, 0.29) is 23.4 Å². The average molecular weight is 486 g/mol. The smallest absolute Gasteiger partial charge is 0.251 e. The molecule has 1 aliphatic carbocycles. The lowest BCUT2D eigenvalue weighted by atomic mass is 9.95. The van der Waals surface area contributed by atoms with Gasteiger partial charge in [0.1, 0.15) is 11.2 Å². The van der Waals surface area contributed by atoms with Crippen molar-refractivity contribution in [3.05, 3.63) is 16.0 Å². The van der Waals surface area contributed by atoms with Crippen LogP contribution in [0.3, 0.4) is 0 Å². The zero-order valence-corrected chi connectivity index (χ0v) is 19.4. The molecule has 0 saturated carbocycles. The topological polar surface area (TPSA) is 96.2 Å². The molecular formula is C17H23Cl3N4O2S2. The van der Waals surface area contributed by atoms with E-state index in [4.69, 9.17) is 52.8 Å². The van der Waals surface area contributed by atoms with Gasteiger partial charge in [0.05, 0.1) is 5.56 Å². The molecule has 156 valence electrons. The molecule has 0 aliphatic heterocycles. The Bertz CT molecular complexity index is 762. The molecule has 1 atom stereocenters. The molecule has 28 heavy (non-hydrogen) atoms. The first-order chi connectivity index (χ1) is 13.0. The van der Waals surface area contributed by atoms with Crippen molar-refractivity contribution < 1.29 is 9.59 Å². The molecule has 2 rings (SSSR count). The highest BCUT2D eigenvalue weighted by Crippen LogP contribution is 2.38. The molecule has 0 radical (unpaired) electrons. The molecule has 5 N–H and O–H groups in total. The maximum atomic E-state index is 12.1. The zero-order chi connectivity index (χ0) is 21.1. The molecule has 1 aromatic rings. The van der Waals surface area contributed by atoms with Crippen LogP contribution in [-0.4, -0.2) is 26.9 Å². The maximum Gasteiger partial charge on any atom is 0.251 e. The van der Waals surface area contributed by atoms with E-state index in [0.717, 1.165) is 36.1 Å². The molecular weight excluding hydrogens is 463 g/mol. The molecule has 11 heteroatoms. The summed E-state index contributed by atoms with van der Waals surface area (Å²) in [6, 6.07) is 0. The fourth-order valence-electron chi connectivity index (χ4n) is 2.98. The van der Waals surface area contributed by atoms with Crippen molar-refractivity contribution in [3.8, 4) is 0 Å². The summed E-state index contributed by atoms with van der Waals surface area (Å²) < 4.78 is -1.83. The van der Waals surface area contributed by atoms with Gasteiger partial charge in [-0.05, 0) is 49.4 Å². The number of hydrogen-bond acceptors (Lipinski definition) is 4. The highest BCUT2D eigenvalue weighted by Gasteiger charge is 2.35. The first kappa shape index (κ1) is 23.5. The Labute approximate surface area is 188 Å². The summed E-state index contributed by atoms with van der Waals surface area (Å²) in [6.07, 6.45) is 3.05. The summed E-state index contributed by atoms with van der Waals surface area (Å²) in [5, 5.41) is 9.09. The van der Waals surface area contributed by atoms with Crippen molar-refractivity contribution in [3.63, 3.8) is 0 Å². The number of fused-ring (bicyclic) bond motifs is 1. The second kappa shape index (κ2) is 9.80. The zero-order valence-electron chi connectivity index (χ0n) is 15.5. The van der Waals surface area contributed by atoms with Crippen LogP contribution in [0.1, 0.15) is 53.9 Å². The Morgan fingerprint density at radius 1 is 1.21 bits per heavy atom. The highest BCUT2D eigenvalue weighted by atomic mass is 35.6. The van der Waals surface area contributed by atoms with E-state index < -0.39 is 15.9 Å². The molecule has 1 aliphatic rings. The Morgan fingerprint density at radius 3 is 2.43 bits per heavy atom. The molecule has 1 heterocycles. The second-order valence-electron chi connectivity index (χ2n) is 7.02. The Hall–Kier alpha value is -0.800. The SMILES string of the molecule is CC(C)CC(=O)N[C@@H](NC(=S)Nc1sc2c(c1C(N)=O)CCCC2)C(Cl)(Cl)Cl. The van der Waals surface area contributed by atoms with Crippen molar-refractivity contribution in [2.75, 3.05) is 5.32 Å². The molecule has 0 unspecified atom stereocenters. The number of aryl methyl sites for hydroxylation is 1. The van der Waals surface area contributed by atoms with E-state index in [2.05, 4.69) is 16.0 Å². The predicted molar refractivity (Wildman–Crippen MR) is 121 cm³/mol. The van der Waals surface area contributed by atoms with Gasteiger partial charge in [0.15, 0.2) is 5.11 Å². The number of alkyl halides is 3. The lowest BCUT2D eigenvalue weighted by Crippen LogP contribution is -2.56.